The second-order valence-electron chi connectivity index (χ2n) is 5.59. The van der Waals surface area contributed by atoms with Gasteiger partial charge in [0.15, 0.2) is 5.79 Å². The van der Waals surface area contributed by atoms with Crippen molar-refractivity contribution >= 4 is 15.9 Å². The van der Waals surface area contributed by atoms with Gasteiger partial charge < -0.3 is 9.47 Å². The molecule has 0 unspecified atom stereocenters. The van der Waals surface area contributed by atoms with Crippen molar-refractivity contribution in [3.8, 4) is 0 Å². The molecule has 0 aromatic heterocycles. The van der Waals surface area contributed by atoms with Gasteiger partial charge in [-0.25, -0.2) is 0 Å². The Morgan fingerprint density at radius 2 is 1.59 bits per heavy atom. The highest BCUT2D eigenvalue weighted by molar-refractivity contribution is 9.10. The summed E-state index contributed by atoms with van der Waals surface area (Å²) in [4.78, 5) is 0. The van der Waals surface area contributed by atoms with E-state index in [0.717, 1.165) is 24.1 Å². The van der Waals surface area contributed by atoms with Crippen LogP contribution in [0, 0.1) is 5.41 Å². The highest BCUT2D eigenvalue weighted by Crippen LogP contribution is 2.32. The molecule has 0 atom stereocenters. The number of rotatable bonds is 2. The van der Waals surface area contributed by atoms with Crippen LogP contribution in [0.25, 0.3) is 0 Å². The summed E-state index contributed by atoms with van der Waals surface area (Å²) in [5, 5.41) is 0. The fourth-order valence-corrected chi connectivity index (χ4v) is 2.24. The molecule has 1 aromatic carbocycles. The molecule has 1 aliphatic rings. The van der Waals surface area contributed by atoms with E-state index in [1.807, 2.05) is 13.8 Å². The van der Waals surface area contributed by atoms with E-state index in [2.05, 4.69) is 47.1 Å². The molecule has 1 aliphatic heterocycles. The molecule has 0 bridgehead atoms. The van der Waals surface area contributed by atoms with Gasteiger partial charge >= 0.3 is 0 Å². The van der Waals surface area contributed by atoms with Crippen molar-refractivity contribution in [1.82, 2.24) is 0 Å². The normalized spacial score (nSPS) is 22.4. The molecular formula is C14H19BrO2. The van der Waals surface area contributed by atoms with Crippen LogP contribution in [0.2, 0.25) is 0 Å². The Labute approximate surface area is 111 Å². The number of benzene rings is 1. The summed E-state index contributed by atoms with van der Waals surface area (Å²) >= 11 is 3.45. The first-order valence-corrected chi connectivity index (χ1v) is 6.70. The zero-order valence-corrected chi connectivity index (χ0v) is 12.2. The summed E-state index contributed by atoms with van der Waals surface area (Å²) in [7, 11) is 0. The number of hydrogen-bond donors (Lipinski definition) is 0. The van der Waals surface area contributed by atoms with Crippen LogP contribution in [0.4, 0.5) is 0 Å². The van der Waals surface area contributed by atoms with Crippen LogP contribution in [-0.4, -0.2) is 19.0 Å². The van der Waals surface area contributed by atoms with E-state index in [1.165, 1.54) is 5.56 Å². The van der Waals surface area contributed by atoms with Crippen molar-refractivity contribution in [2.75, 3.05) is 13.2 Å². The molecule has 1 fully saturated rings. The molecular weight excluding hydrogens is 280 g/mol. The van der Waals surface area contributed by atoms with Crippen molar-refractivity contribution in [3.63, 3.8) is 0 Å². The number of halogens is 1. The maximum absolute atomic E-state index is 5.75. The minimum atomic E-state index is -0.431. The van der Waals surface area contributed by atoms with Crippen LogP contribution in [0.3, 0.4) is 0 Å². The predicted molar refractivity (Wildman–Crippen MR) is 71.9 cm³/mol. The average Bonchev–Trinajstić information content (AvgIpc) is 2.27. The second kappa shape index (κ2) is 4.71. The first-order chi connectivity index (χ1) is 7.89. The van der Waals surface area contributed by atoms with Crippen LogP contribution < -0.4 is 0 Å². The second-order valence-corrected chi connectivity index (χ2v) is 6.51. The highest BCUT2D eigenvalue weighted by atomic mass is 79.9. The molecule has 3 heteroatoms. The quantitative estimate of drug-likeness (QED) is 0.827. The minimum absolute atomic E-state index is 0.0728. The molecule has 94 valence electrons. The van der Waals surface area contributed by atoms with Gasteiger partial charge in [-0.2, -0.15) is 0 Å². The molecule has 0 spiro atoms. The average molecular weight is 299 g/mol. The predicted octanol–water partition coefficient (Wildman–Crippen LogP) is 3.78. The monoisotopic (exact) mass is 298 g/mol. The van der Waals surface area contributed by atoms with Gasteiger partial charge in [0.1, 0.15) is 0 Å². The first kappa shape index (κ1) is 13.1. The van der Waals surface area contributed by atoms with E-state index >= 15 is 0 Å². The Balaban J connectivity index is 2.01. The lowest BCUT2D eigenvalue weighted by Crippen LogP contribution is -2.46. The fraction of sp³-hybridized carbons (Fsp3) is 0.571. The zero-order chi connectivity index (χ0) is 12.5. The largest absolute Gasteiger partial charge is 0.350 e. The molecule has 2 rings (SSSR count). The molecule has 1 saturated heterocycles. The van der Waals surface area contributed by atoms with Gasteiger partial charge in [0.05, 0.1) is 13.2 Å². The van der Waals surface area contributed by atoms with E-state index < -0.39 is 5.79 Å². The first-order valence-electron chi connectivity index (χ1n) is 5.91. The van der Waals surface area contributed by atoms with Crippen LogP contribution in [-0.2, 0) is 15.9 Å². The summed E-state index contributed by atoms with van der Waals surface area (Å²) in [6.45, 7) is 7.63. The fourth-order valence-electron chi connectivity index (χ4n) is 1.98. The third kappa shape index (κ3) is 3.54. The van der Waals surface area contributed by atoms with E-state index in [1.54, 1.807) is 0 Å². The van der Waals surface area contributed by atoms with Crippen molar-refractivity contribution in [3.05, 3.63) is 34.3 Å². The molecule has 0 N–H and O–H groups in total. The van der Waals surface area contributed by atoms with Gasteiger partial charge in [0.2, 0.25) is 0 Å². The van der Waals surface area contributed by atoms with Gasteiger partial charge in [0.25, 0.3) is 0 Å². The van der Waals surface area contributed by atoms with Gasteiger partial charge in [-0.1, -0.05) is 35.0 Å². The summed E-state index contributed by atoms with van der Waals surface area (Å²) in [6, 6.07) is 8.45. The molecule has 1 aromatic rings. The van der Waals surface area contributed by atoms with Gasteiger partial charge in [-0.05, 0) is 38.0 Å². The standard InChI is InChI=1S/C14H19BrO2/c1-13(2)16-9-14(3,10-17-13)8-11-4-6-12(15)7-5-11/h4-7H,8-10H2,1-3H3. The molecule has 0 radical (unpaired) electrons. The zero-order valence-electron chi connectivity index (χ0n) is 10.6. The molecule has 2 nitrogen and oxygen atoms in total. The van der Waals surface area contributed by atoms with Crippen LogP contribution in [0.15, 0.2) is 28.7 Å². The Hall–Kier alpha value is -0.380. The summed E-state index contributed by atoms with van der Waals surface area (Å²) in [6.07, 6.45) is 0.982. The maximum Gasteiger partial charge on any atom is 0.162 e. The molecule has 1 heterocycles. The van der Waals surface area contributed by atoms with Crippen molar-refractivity contribution < 1.29 is 9.47 Å². The molecule has 17 heavy (non-hydrogen) atoms. The lowest BCUT2D eigenvalue weighted by Gasteiger charge is -2.41. The van der Waals surface area contributed by atoms with E-state index in [4.69, 9.17) is 9.47 Å². The number of ether oxygens (including phenoxy) is 2. The smallest absolute Gasteiger partial charge is 0.162 e. The van der Waals surface area contributed by atoms with Crippen LogP contribution in [0.1, 0.15) is 26.3 Å². The van der Waals surface area contributed by atoms with Crippen molar-refractivity contribution in [2.45, 2.75) is 33.0 Å². The topological polar surface area (TPSA) is 18.5 Å². The van der Waals surface area contributed by atoms with E-state index in [9.17, 15) is 0 Å². The number of hydrogen-bond acceptors (Lipinski definition) is 2. The summed E-state index contributed by atoms with van der Waals surface area (Å²) < 4.78 is 12.6. The van der Waals surface area contributed by atoms with E-state index in [0.29, 0.717) is 0 Å². The summed E-state index contributed by atoms with van der Waals surface area (Å²) in [5.41, 5.74) is 1.39. The van der Waals surface area contributed by atoms with E-state index in [-0.39, 0.29) is 5.41 Å². The Morgan fingerprint density at radius 3 is 2.12 bits per heavy atom. The molecule has 0 amide bonds. The minimum Gasteiger partial charge on any atom is -0.350 e. The van der Waals surface area contributed by atoms with Crippen LogP contribution >= 0.6 is 15.9 Å². The lowest BCUT2D eigenvalue weighted by molar-refractivity contribution is -0.282. The van der Waals surface area contributed by atoms with Gasteiger partial charge in [-0.3, -0.25) is 0 Å². The van der Waals surface area contributed by atoms with Gasteiger partial charge in [0, 0.05) is 9.89 Å². The highest BCUT2D eigenvalue weighted by Gasteiger charge is 2.36. The summed E-state index contributed by atoms with van der Waals surface area (Å²) in [5.74, 6) is -0.431. The third-order valence-electron chi connectivity index (χ3n) is 3.08. The third-order valence-corrected chi connectivity index (χ3v) is 3.61. The van der Waals surface area contributed by atoms with Crippen molar-refractivity contribution in [1.29, 1.82) is 0 Å². The molecule has 0 aliphatic carbocycles. The van der Waals surface area contributed by atoms with Crippen molar-refractivity contribution in [2.24, 2.45) is 5.41 Å². The Bertz CT molecular complexity index is 374. The van der Waals surface area contributed by atoms with Gasteiger partial charge in [-0.15, -0.1) is 0 Å². The van der Waals surface area contributed by atoms with Crippen LogP contribution in [0.5, 0.6) is 0 Å². The SMILES string of the molecule is CC1(Cc2ccc(Br)cc2)COC(C)(C)OC1. The Kier molecular flexibility index (Phi) is 3.62. The maximum atomic E-state index is 5.75. The Morgan fingerprint density at radius 1 is 1.06 bits per heavy atom. The molecule has 0 saturated carbocycles. The lowest BCUT2D eigenvalue weighted by atomic mass is 9.84.